The smallest absolute Gasteiger partial charge is 0.246 e. The summed E-state index contributed by atoms with van der Waals surface area (Å²) in [6.07, 6.45) is 2.19. The fraction of sp³-hybridized carbons (Fsp3) is 0.391. The van der Waals surface area contributed by atoms with Gasteiger partial charge in [0, 0.05) is 44.6 Å². The molecular weight excluding hydrogens is 419 g/mol. The third-order valence-electron chi connectivity index (χ3n) is 5.43. The van der Waals surface area contributed by atoms with Crippen LogP contribution in [0.4, 0.5) is 4.39 Å². The van der Waals surface area contributed by atoms with E-state index in [2.05, 4.69) is 6.92 Å². The minimum absolute atomic E-state index is 0.0790. The largest absolute Gasteiger partial charge is 0.340 e. The van der Waals surface area contributed by atoms with Crippen molar-refractivity contribution in [2.45, 2.75) is 37.5 Å². The van der Waals surface area contributed by atoms with E-state index in [1.807, 2.05) is 12.1 Å². The predicted octanol–water partition coefficient (Wildman–Crippen LogP) is 3.27. The van der Waals surface area contributed by atoms with Crippen molar-refractivity contribution in [1.29, 1.82) is 0 Å². The van der Waals surface area contributed by atoms with E-state index in [0.717, 1.165) is 18.9 Å². The zero-order valence-corrected chi connectivity index (χ0v) is 18.4. The highest BCUT2D eigenvalue weighted by Gasteiger charge is 2.31. The molecule has 2 aromatic carbocycles. The number of halogens is 1. The number of nitrogens with zero attached hydrogens (tertiary/aromatic N) is 2. The zero-order chi connectivity index (χ0) is 22.4. The fourth-order valence-electron chi connectivity index (χ4n) is 3.64. The number of hydrogen-bond donors (Lipinski definition) is 0. The minimum Gasteiger partial charge on any atom is -0.340 e. The van der Waals surface area contributed by atoms with E-state index in [0.29, 0.717) is 5.56 Å². The molecular formula is C23H27FN2O4S. The fourth-order valence-corrected chi connectivity index (χ4v) is 5.13. The number of aryl methyl sites for hydroxylation is 1. The van der Waals surface area contributed by atoms with Gasteiger partial charge in [0.1, 0.15) is 10.7 Å². The lowest BCUT2D eigenvalue weighted by Crippen LogP contribution is -2.50. The first-order valence-corrected chi connectivity index (χ1v) is 11.9. The number of carbonyl (C=O) groups is 2. The number of benzene rings is 2. The molecule has 1 aliphatic rings. The summed E-state index contributed by atoms with van der Waals surface area (Å²) in [5, 5.41) is 0. The van der Waals surface area contributed by atoms with Crippen molar-refractivity contribution in [3.8, 4) is 0 Å². The molecule has 0 unspecified atom stereocenters. The summed E-state index contributed by atoms with van der Waals surface area (Å²) >= 11 is 0. The monoisotopic (exact) mass is 446 g/mol. The van der Waals surface area contributed by atoms with Crippen LogP contribution in [-0.4, -0.2) is 55.5 Å². The van der Waals surface area contributed by atoms with Crippen LogP contribution in [0, 0.1) is 5.82 Å². The second-order valence-corrected chi connectivity index (χ2v) is 9.49. The van der Waals surface area contributed by atoms with Crippen LogP contribution in [0.3, 0.4) is 0 Å². The Balaban J connectivity index is 1.51. The summed E-state index contributed by atoms with van der Waals surface area (Å²) in [6, 6.07) is 12.7. The van der Waals surface area contributed by atoms with Crippen molar-refractivity contribution < 1.29 is 22.4 Å². The SMILES string of the molecule is CCCc1ccc(C(=O)CCC(=O)N2CCN(S(=O)(=O)c3ccccc3F)CC2)cc1. The van der Waals surface area contributed by atoms with Gasteiger partial charge in [0.25, 0.3) is 0 Å². The van der Waals surface area contributed by atoms with Crippen LogP contribution in [-0.2, 0) is 21.2 Å². The first-order chi connectivity index (χ1) is 14.8. The minimum atomic E-state index is -3.95. The van der Waals surface area contributed by atoms with Crippen LogP contribution >= 0.6 is 0 Å². The normalized spacial score (nSPS) is 15.1. The van der Waals surface area contributed by atoms with Crippen LogP contribution in [0.25, 0.3) is 0 Å². The maximum Gasteiger partial charge on any atom is 0.246 e. The molecule has 166 valence electrons. The number of ketones is 1. The molecule has 8 heteroatoms. The quantitative estimate of drug-likeness (QED) is 0.584. The molecule has 0 N–H and O–H groups in total. The van der Waals surface area contributed by atoms with E-state index in [-0.39, 0.29) is 55.6 Å². The molecule has 0 atom stereocenters. The summed E-state index contributed by atoms with van der Waals surface area (Å²) in [7, 11) is -3.95. The highest BCUT2D eigenvalue weighted by atomic mass is 32.2. The molecule has 1 heterocycles. The van der Waals surface area contributed by atoms with Crippen molar-refractivity contribution in [3.05, 3.63) is 65.5 Å². The molecule has 6 nitrogen and oxygen atoms in total. The molecule has 31 heavy (non-hydrogen) atoms. The number of piperazine rings is 1. The van der Waals surface area contributed by atoms with Gasteiger partial charge in [0.05, 0.1) is 0 Å². The van der Waals surface area contributed by atoms with Crippen LogP contribution in [0.2, 0.25) is 0 Å². The Morgan fingerprint density at radius 1 is 0.935 bits per heavy atom. The van der Waals surface area contributed by atoms with E-state index in [1.165, 1.54) is 28.1 Å². The lowest BCUT2D eigenvalue weighted by atomic mass is 10.0. The standard InChI is InChI=1S/C23H27FN2O4S/c1-2-5-18-8-10-19(11-9-18)21(27)12-13-23(28)25-14-16-26(17-15-25)31(29,30)22-7-4-3-6-20(22)24/h3-4,6-11H,2,5,12-17H2,1H3. The molecule has 0 bridgehead atoms. The summed E-state index contributed by atoms with van der Waals surface area (Å²) in [5.41, 5.74) is 1.77. The van der Waals surface area contributed by atoms with Gasteiger partial charge in [0.2, 0.25) is 15.9 Å². The Labute approximate surface area is 182 Å². The van der Waals surface area contributed by atoms with Crippen LogP contribution in [0.1, 0.15) is 42.1 Å². The molecule has 0 spiro atoms. The number of rotatable bonds is 8. The van der Waals surface area contributed by atoms with E-state index >= 15 is 0 Å². The van der Waals surface area contributed by atoms with E-state index in [1.54, 1.807) is 17.0 Å². The number of amides is 1. The van der Waals surface area contributed by atoms with Gasteiger partial charge in [-0.2, -0.15) is 4.31 Å². The van der Waals surface area contributed by atoms with Gasteiger partial charge >= 0.3 is 0 Å². The Bertz CT molecular complexity index is 1030. The van der Waals surface area contributed by atoms with Crippen LogP contribution in [0.15, 0.2) is 53.4 Å². The molecule has 1 fully saturated rings. The third kappa shape index (κ3) is 5.57. The van der Waals surface area contributed by atoms with Gasteiger partial charge in [-0.25, -0.2) is 12.8 Å². The molecule has 1 amide bonds. The van der Waals surface area contributed by atoms with E-state index in [9.17, 15) is 22.4 Å². The molecule has 1 aliphatic heterocycles. The number of Topliss-reactive ketones (excluding diaryl/α,β-unsaturated/α-hetero) is 1. The summed E-state index contributed by atoms with van der Waals surface area (Å²) in [4.78, 5) is 26.1. The van der Waals surface area contributed by atoms with Gasteiger partial charge in [0.15, 0.2) is 5.78 Å². The molecule has 0 saturated carbocycles. The van der Waals surface area contributed by atoms with Gasteiger partial charge < -0.3 is 4.90 Å². The third-order valence-corrected chi connectivity index (χ3v) is 7.36. The second kappa shape index (κ2) is 10.2. The molecule has 3 rings (SSSR count). The van der Waals surface area contributed by atoms with Crippen molar-refractivity contribution in [2.75, 3.05) is 26.2 Å². The predicted molar refractivity (Wildman–Crippen MR) is 116 cm³/mol. The van der Waals surface area contributed by atoms with Gasteiger partial charge in [-0.3, -0.25) is 9.59 Å². The van der Waals surface area contributed by atoms with Gasteiger partial charge in [-0.1, -0.05) is 49.7 Å². The lowest BCUT2D eigenvalue weighted by Gasteiger charge is -2.34. The average Bonchev–Trinajstić information content (AvgIpc) is 2.78. The maximum absolute atomic E-state index is 13.9. The van der Waals surface area contributed by atoms with Gasteiger partial charge in [-0.05, 0) is 24.1 Å². The zero-order valence-electron chi connectivity index (χ0n) is 17.6. The summed E-state index contributed by atoms with van der Waals surface area (Å²) < 4.78 is 40.4. The average molecular weight is 447 g/mol. The molecule has 0 aliphatic carbocycles. The Hall–Kier alpha value is -2.58. The van der Waals surface area contributed by atoms with Crippen LogP contribution in [0.5, 0.6) is 0 Å². The Morgan fingerprint density at radius 3 is 2.19 bits per heavy atom. The topological polar surface area (TPSA) is 74.8 Å². The number of sulfonamides is 1. The molecule has 1 saturated heterocycles. The van der Waals surface area contributed by atoms with Gasteiger partial charge in [-0.15, -0.1) is 0 Å². The highest BCUT2D eigenvalue weighted by Crippen LogP contribution is 2.21. The van der Waals surface area contributed by atoms with Crippen molar-refractivity contribution >= 4 is 21.7 Å². The van der Waals surface area contributed by atoms with Crippen molar-refractivity contribution in [1.82, 2.24) is 9.21 Å². The summed E-state index contributed by atoms with van der Waals surface area (Å²) in [6.45, 7) is 2.71. The van der Waals surface area contributed by atoms with E-state index in [4.69, 9.17) is 0 Å². The van der Waals surface area contributed by atoms with Crippen molar-refractivity contribution in [3.63, 3.8) is 0 Å². The van der Waals surface area contributed by atoms with Crippen molar-refractivity contribution in [2.24, 2.45) is 0 Å². The van der Waals surface area contributed by atoms with Crippen LogP contribution < -0.4 is 0 Å². The Kier molecular flexibility index (Phi) is 7.56. The summed E-state index contributed by atoms with van der Waals surface area (Å²) in [5.74, 6) is -1.06. The second-order valence-electron chi connectivity index (χ2n) is 7.59. The van der Waals surface area contributed by atoms with E-state index < -0.39 is 15.8 Å². The lowest BCUT2D eigenvalue weighted by molar-refractivity contribution is -0.132. The first kappa shape index (κ1) is 23.1. The molecule has 2 aromatic rings. The first-order valence-electron chi connectivity index (χ1n) is 10.5. The number of carbonyl (C=O) groups excluding carboxylic acids is 2. The number of hydrogen-bond acceptors (Lipinski definition) is 4. The maximum atomic E-state index is 13.9. The molecule has 0 radical (unpaired) electrons. The highest BCUT2D eigenvalue weighted by molar-refractivity contribution is 7.89. The molecule has 0 aromatic heterocycles. The Morgan fingerprint density at radius 2 is 1.58 bits per heavy atom.